The number of rotatable bonds is 5. The zero-order chi connectivity index (χ0) is 14.6. The standard InChI is InChI=1S/C14H20Cl2N2O.ClH/c1-9(2)7-14(3,8-17)18-13(19)11-5-4-10(15)6-12(11)16;/h4-6,9H,7-8,17H2,1-3H3,(H,18,19);1H. The topological polar surface area (TPSA) is 55.1 Å². The van der Waals surface area contributed by atoms with E-state index < -0.39 is 5.54 Å². The van der Waals surface area contributed by atoms with Crippen molar-refractivity contribution < 1.29 is 4.79 Å². The Morgan fingerprint density at radius 2 is 2.00 bits per heavy atom. The Morgan fingerprint density at radius 1 is 1.40 bits per heavy atom. The molecule has 0 aromatic heterocycles. The Balaban J connectivity index is 0.00000361. The SMILES string of the molecule is CC(C)CC(C)(CN)NC(=O)c1ccc(Cl)cc1Cl.Cl. The van der Waals surface area contributed by atoms with Crippen LogP contribution in [0.5, 0.6) is 0 Å². The van der Waals surface area contributed by atoms with Crippen molar-refractivity contribution in [2.45, 2.75) is 32.7 Å². The second-order valence-electron chi connectivity index (χ2n) is 5.44. The molecule has 0 saturated carbocycles. The first kappa shape index (κ1) is 19.5. The largest absolute Gasteiger partial charge is 0.346 e. The number of nitrogens with two attached hydrogens (primary N) is 1. The summed E-state index contributed by atoms with van der Waals surface area (Å²) in [5, 5.41) is 3.81. The Bertz CT molecular complexity index is 466. The van der Waals surface area contributed by atoms with Gasteiger partial charge in [0, 0.05) is 17.1 Å². The van der Waals surface area contributed by atoms with Gasteiger partial charge < -0.3 is 11.1 Å². The monoisotopic (exact) mass is 338 g/mol. The van der Waals surface area contributed by atoms with Gasteiger partial charge in [-0.25, -0.2) is 0 Å². The van der Waals surface area contributed by atoms with Crippen molar-refractivity contribution in [3.8, 4) is 0 Å². The molecule has 0 fully saturated rings. The lowest BCUT2D eigenvalue weighted by atomic mass is 9.90. The third-order valence-electron chi connectivity index (χ3n) is 2.90. The van der Waals surface area contributed by atoms with Crippen molar-refractivity contribution in [3.05, 3.63) is 33.8 Å². The second kappa shape index (κ2) is 8.08. The quantitative estimate of drug-likeness (QED) is 0.854. The van der Waals surface area contributed by atoms with Gasteiger partial charge in [0.1, 0.15) is 0 Å². The van der Waals surface area contributed by atoms with Crippen LogP contribution in [-0.2, 0) is 0 Å². The summed E-state index contributed by atoms with van der Waals surface area (Å²) in [5.41, 5.74) is 5.75. The van der Waals surface area contributed by atoms with Gasteiger partial charge in [-0.3, -0.25) is 4.79 Å². The minimum Gasteiger partial charge on any atom is -0.346 e. The predicted molar refractivity (Wildman–Crippen MR) is 88.1 cm³/mol. The molecule has 0 aliphatic heterocycles. The molecule has 3 N–H and O–H groups in total. The van der Waals surface area contributed by atoms with Crippen molar-refractivity contribution in [2.75, 3.05) is 6.54 Å². The number of benzene rings is 1. The minimum absolute atomic E-state index is 0. The summed E-state index contributed by atoms with van der Waals surface area (Å²) in [7, 11) is 0. The number of nitrogens with one attached hydrogen (secondary N) is 1. The average molecular weight is 340 g/mol. The van der Waals surface area contributed by atoms with Gasteiger partial charge in [-0.1, -0.05) is 37.0 Å². The second-order valence-corrected chi connectivity index (χ2v) is 6.28. The summed E-state index contributed by atoms with van der Waals surface area (Å²) in [4.78, 5) is 12.2. The lowest BCUT2D eigenvalue weighted by molar-refractivity contribution is 0.0898. The maximum Gasteiger partial charge on any atom is 0.253 e. The highest BCUT2D eigenvalue weighted by Crippen LogP contribution is 2.22. The van der Waals surface area contributed by atoms with Gasteiger partial charge in [0.2, 0.25) is 0 Å². The van der Waals surface area contributed by atoms with E-state index in [1.165, 1.54) is 0 Å². The van der Waals surface area contributed by atoms with E-state index >= 15 is 0 Å². The molecular weight excluding hydrogens is 319 g/mol. The van der Waals surface area contributed by atoms with E-state index in [-0.39, 0.29) is 18.3 Å². The summed E-state index contributed by atoms with van der Waals surface area (Å²) in [6.45, 7) is 6.50. The molecule has 0 spiro atoms. The van der Waals surface area contributed by atoms with Crippen molar-refractivity contribution in [3.63, 3.8) is 0 Å². The van der Waals surface area contributed by atoms with Gasteiger partial charge in [-0.2, -0.15) is 0 Å². The molecule has 0 heterocycles. The van der Waals surface area contributed by atoms with Gasteiger partial charge >= 0.3 is 0 Å². The van der Waals surface area contributed by atoms with E-state index in [1.54, 1.807) is 18.2 Å². The number of hydrogen-bond acceptors (Lipinski definition) is 2. The third-order valence-corrected chi connectivity index (χ3v) is 3.45. The molecule has 3 nitrogen and oxygen atoms in total. The van der Waals surface area contributed by atoms with E-state index in [0.717, 1.165) is 6.42 Å². The highest BCUT2D eigenvalue weighted by molar-refractivity contribution is 6.36. The highest BCUT2D eigenvalue weighted by atomic mass is 35.5. The first-order chi connectivity index (χ1) is 8.77. The predicted octanol–water partition coefficient (Wildman–Crippen LogP) is 3.91. The molecule has 1 amide bonds. The smallest absolute Gasteiger partial charge is 0.253 e. The fourth-order valence-corrected chi connectivity index (χ4v) is 2.60. The zero-order valence-corrected chi connectivity index (χ0v) is 14.2. The molecule has 0 saturated heterocycles. The Morgan fingerprint density at radius 3 is 2.45 bits per heavy atom. The maximum absolute atomic E-state index is 12.2. The number of hydrogen-bond donors (Lipinski definition) is 2. The number of carbonyl (C=O) groups is 1. The Kier molecular flexibility index (Phi) is 7.89. The lowest BCUT2D eigenvalue weighted by Gasteiger charge is -2.31. The van der Waals surface area contributed by atoms with E-state index in [4.69, 9.17) is 28.9 Å². The first-order valence-corrected chi connectivity index (χ1v) is 7.00. The van der Waals surface area contributed by atoms with Gasteiger partial charge in [0.15, 0.2) is 0 Å². The molecule has 1 rings (SSSR count). The van der Waals surface area contributed by atoms with Crippen LogP contribution in [0, 0.1) is 5.92 Å². The zero-order valence-electron chi connectivity index (χ0n) is 11.9. The molecule has 0 aliphatic rings. The summed E-state index contributed by atoms with van der Waals surface area (Å²) < 4.78 is 0. The summed E-state index contributed by atoms with van der Waals surface area (Å²) in [6.07, 6.45) is 0.806. The fraction of sp³-hybridized carbons (Fsp3) is 0.500. The maximum atomic E-state index is 12.2. The molecule has 1 aromatic carbocycles. The fourth-order valence-electron chi connectivity index (χ4n) is 2.10. The number of amides is 1. The van der Waals surface area contributed by atoms with Crippen molar-refractivity contribution in [2.24, 2.45) is 11.7 Å². The van der Waals surface area contributed by atoms with E-state index in [2.05, 4.69) is 19.2 Å². The van der Waals surface area contributed by atoms with E-state index in [1.807, 2.05) is 6.92 Å². The molecule has 1 unspecified atom stereocenters. The molecule has 1 atom stereocenters. The van der Waals surface area contributed by atoms with Crippen molar-refractivity contribution in [1.29, 1.82) is 0 Å². The molecule has 0 radical (unpaired) electrons. The van der Waals surface area contributed by atoms with Crippen LogP contribution in [0.25, 0.3) is 0 Å². The van der Waals surface area contributed by atoms with Gasteiger partial charge in [-0.05, 0) is 37.5 Å². The Hall–Kier alpha value is -0.480. The summed E-state index contributed by atoms with van der Waals surface area (Å²) in [5.74, 6) is 0.213. The Labute approximate surface area is 136 Å². The van der Waals surface area contributed by atoms with Crippen LogP contribution in [0.4, 0.5) is 0 Å². The molecule has 6 heteroatoms. The molecule has 114 valence electrons. The molecular formula is C14H21Cl3N2O. The van der Waals surface area contributed by atoms with Gasteiger partial charge in [0.05, 0.1) is 10.6 Å². The van der Waals surface area contributed by atoms with Crippen LogP contribution < -0.4 is 11.1 Å². The molecule has 1 aromatic rings. The first-order valence-electron chi connectivity index (χ1n) is 6.25. The average Bonchev–Trinajstić information content (AvgIpc) is 2.27. The van der Waals surface area contributed by atoms with Crippen LogP contribution in [0.1, 0.15) is 37.6 Å². The van der Waals surface area contributed by atoms with E-state index in [9.17, 15) is 4.79 Å². The summed E-state index contributed by atoms with van der Waals surface area (Å²) >= 11 is 11.8. The number of carbonyl (C=O) groups excluding carboxylic acids is 1. The van der Waals surface area contributed by atoms with Crippen LogP contribution in [0.2, 0.25) is 10.0 Å². The van der Waals surface area contributed by atoms with E-state index in [0.29, 0.717) is 28.1 Å². The minimum atomic E-state index is -0.436. The normalized spacial score (nSPS) is 13.6. The van der Waals surface area contributed by atoms with Crippen LogP contribution in [0.3, 0.4) is 0 Å². The molecule has 0 aliphatic carbocycles. The third kappa shape index (κ3) is 5.49. The lowest BCUT2D eigenvalue weighted by Crippen LogP contribution is -2.52. The van der Waals surface area contributed by atoms with Crippen molar-refractivity contribution >= 4 is 41.5 Å². The molecule has 0 bridgehead atoms. The van der Waals surface area contributed by atoms with Crippen LogP contribution in [0.15, 0.2) is 18.2 Å². The van der Waals surface area contributed by atoms with Crippen molar-refractivity contribution in [1.82, 2.24) is 5.32 Å². The summed E-state index contributed by atoms with van der Waals surface area (Å²) in [6, 6.07) is 4.82. The van der Waals surface area contributed by atoms with Crippen LogP contribution >= 0.6 is 35.6 Å². The van der Waals surface area contributed by atoms with Crippen LogP contribution in [-0.4, -0.2) is 18.0 Å². The molecule has 20 heavy (non-hydrogen) atoms. The van der Waals surface area contributed by atoms with Gasteiger partial charge in [0.25, 0.3) is 5.91 Å². The number of halogens is 3. The van der Waals surface area contributed by atoms with Gasteiger partial charge in [-0.15, -0.1) is 12.4 Å². The highest BCUT2D eigenvalue weighted by Gasteiger charge is 2.27.